The van der Waals surface area contributed by atoms with Gasteiger partial charge in [0.15, 0.2) is 5.82 Å². The third-order valence-electron chi connectivity index (χ3n) is 4.06. The van der Waals surface area contributed by atoms with Crippen molar-refractivity contribution in [3.05, 3.63) is 82.4 Å². The Balaban J connectivity index is 2.06. The van der Waals surface area contributed by atoms with E-state index in [1.807, 2.05) is 20.8 Å². The summed E-state index contributed by atoms with van der Waals surface area (Å²) in [5.74, 6) is 0.0887. The van der Waals surface area contributed by atoms with Crippen LogP contribution in [0.2, 0.25) is 0 Å². The van der Waals surface area contributed by atoms with Gasteiger partial charge in [-0.3, -0.25) is 0 Å². The lowest BCUT2D eigenvalue weighted by Crippen LogP contribution is -2.07. The molecular weight excluding hydrogens is 303 g/mol. The highest BCUT2D eigenvalue weighted by atomic mass is 19.1. The standard InChI is InChI=1S/C20H19FN2O/c1-12-10-13(2)18(14(3)11-12)20-22-9-8-17(23-20)19(24)15-6-4-5-7-16(15)21/h4-11,19,24H,1-3H3. The number of benzene rings is 2. The van der Waals surface area contributed by atoms with Gasteiger partial charge in [-0.15, -0.1) is 0 Å². The van der Waals surface area contributed by atoms with Gasteiger partial charge in [0.25, 0.3) is 0 Å². The van der Waals surface area contributed by atoms with E-state index in [4.69, 9.17) is 0 Å². The Hall–Kier alpha value is -2.59. The summed E-state index contributed by atoms with van der Waals surface area (Å²) in [5, 5.41) is 10.5. The number of rotatable bonds is 3. The Kier molecular flexibility index (Phi) is 4.40. The maximum atomic E-state index is 13.9. The highest BCUT2D eigenvalue weighted by molar-refractivity contribution is 5.65. The Labute approximate surface area is 140 Å². The van der Waals surface area contributed by atoms with Crippen molar-refractivity contribution in [3.63, 3.8) is 0 Å². The molecule has 0 radical (unpaired) electrons. The van der Waals surface area contributed by atoms with Crippen LogP contribution in [0.25, 0.3) is 11.4 Å². The number of aryl methyl sites for hydroxylation is 3. The summed E-state index contributed by atoms with van der Waals surface area (Å²) in [6, 6.07) is 11.9. The Bertz CT molecular complexity index is 869. The van der Waals surface area contributed by atoms with Crippen LogP contribution in [0.5, 0.6) is 0 Å². The second kappa shape index (κ2) is 6.49. The monoisotopic (exact) mass is 322 g/mol. The van der Waals surface area contributed by atoms with Gasteiger partial charge in [0.2, 0.25) is 0 Å². The van der Waals surface area contributed by atoms with E-state index in [2.05, 4.69) is 22.1 Å². The first-order valence-electron chi connectivity index (χ1n) is 7.81. The number of aliphatic hydroxyl groups is 1. The van der Waals surface area contributed by atoms with Crippen LogP contribution >= 0.6 is 0 Å². The lowest BCUT2D eigenvalue weighted by Gasteiger charge is -2.14. The predicted octanol–water partition coefficient (Wildman–Crippen LogP) is 4.29. The molecule has 1 aromatic heterocycles. The van der Waals surface area contributed by atoms with Crippen LogP contribution in [0.4, 0.5) is 4.39 Å². The van der Waals surface area contributed by atoms with Crippen molar-refractivity contribution in [2.75, 3.05) is 0 Å². The van der Waals surface area contributed by atoms with Crippen LogP contribution in [0.1, 0.15) is 34.1 Å². The highest BCUT2D eigenvalue weighted by Gasteiger charge is 2.18. The topological polar surface area (TPSA) is 46.0 Å². The van der Waals surface area contributed by atoms with E-state index >= 15 is 0 Å². The largest absolute Gasteiger partial charge is 0.382 e. The first-order chi connectivity index (χ1) is 11.5. The average Bonchev–Trinajstić information content (AvgIpc) is 2.54. The number of hydrogen-bond donors (Lipinski definition) is 1. The van der Waals surface area contributed by atoms with E-state index < -0.39 is 11.9 Å². The Morgan fingerprint density at radius 1 is 1.00 bits per heavy atom. The fourth-order valence-corrected chi connectivity index (χ4v) is 3.03. The maximum absolute atomic E-state index is 13.9. The molecule has 0 saturated heterocycles. The summed E-state index contributed by atoms with van der Waals surface area (Å²) in [5.41, 5.74) is 4.86. The van der Waals surface area contributed by atoms with Crippen LogP contribution in [-0.2, 0) is 0 Å². The third kappa shape index (κ3) is 3.05. The average molecular weight is 322 g/mol. The molecule has 122 valence electrons. The zero-order valence-electron chi connectivity index (χ0n) is 13.9. The maximum Gasteiger partial charge on any atom is 0.160 e. The van der Waals surface area contributed by atoms with Crippen molar-refractivity contribution in [3.8, 4) is 11.4 Å². The van der Waals surface area contributed by atoms with Crippen LogP contribution in [0, 0.1) is 26.6 Å². The number of nitrogens with zero attached hydrogens (tertiary/aromatic N) is 2. The summed E-state index contributed by atoms with van der Waals surface area (Å²) in [6.07, 6.45) is 0.472. The van der Waals surface area contributed by atoms with Gasteiger partial charge in [0.05, 0.1) is 5.69 Å². The van der Waals surface area contributed by atoms with Crippen LogP contribution in [-0.4, -0.2) is 15.1 Å². The molecule has 0 saturated carbocycles. The van der Waals surface area contributed by atoms with E-state index in [1.165, 1.54) is 11.6 Å². The first-order valence-corrected chi connectivity index (χ1v) is 7.81. The minimum atomic E-state index is -1.13. The van der Waals surface area contributed by atoms with Crippen LogP contribution in [0.15, 0.2) is 48.7 Å². The predicted molar refractivity (Wildman–Crippen MR) is 92.1 cm³/mol. The lowest BCUT2D eigenvalue weighted by molar-refractivity contribution is 0.210. The SMILES string of the molecule is Cc1cc(C)c(-c2nccc(C(O)c3ccccc3F)n2)c(C)c1. The zero-order valence-corrected chi connectivity index (χ0v) is 13.9. The normalized spacial score (nSPS) is 12.2. The molecule has 24 heavy (non-hydrogen) atoms. The van der Waals surface area contributed by atoms with Crippen molar-refractivity contribution in [1.82, 2.24) is 9.97 Å². The summed E-state index contributed by atoms with van der Waals surface area (Å²) >= 11 is 0. The fourth-order valence-electron chi connectivity index (χ4n) is 3.03. The summed E-state index contributed by atoms with van der Waals surface area (Å²) in [4.78, 5) is 8.83. The van der Waals surface area contributed by atoms with Gasteiger partial charge < -0.3 is 5.11 Å². The summed E-state index contributed by atoms with van der Waals surface area (Å²) in [6.45, 7) is 6.07. The Morgan fingerprint density at radius 3 is 2.33 bits per heavy atom. The Morgan fingerprint density at radius 2 is 1.67 bits per heavy atom. The quantitative estimate of drug-likeness (QED) is 0.782. The number of aliphatic hydroxyl groups excluding tert-OH is 1. The smallest absolute Gasteiger partial charge is 0.160 e. The van der Waals surface area contributed by atoms with E-state index in [1.54, 1.807) is 30.5 Å². The van der Waals surface area contributed by atoms with E-state index in [0.717, 1.165) is 16.7 Å². The molecule has 2 aromatic carbocycles. The van der Waals surface area contributed by atoms with Gasteiger partial charge in [-0.25, -0.2) is 14.4 Å². The highest BCUT2D eigenvalue weighted by Crippen LogP contribution is 2.28. The molecule has 3 aromatic rings. The summed E-state index contributed by atoms with van der Waals surface area (Å²) in [7, 11) is 0. The fraction of sp³-hybridized carbons (Fsp3) is 0.200. The van der Waals surface area contributed by atoms with Crippen LogP contribution < -0.4 is 0 Å². The van der Waals surface area contributed by atoms with E-state index in [-0.39, 0.29) is 5.56 Å². The molecule has 3 rings (SSSR count). The van der Waals surface area contributed by atoms with Crippen LogP contribution in [0.3, 0.4) is 0 Å². The molecule has 0 aliphatic heterocycles. The third-order valence-corrected chi connectivity index (χ3v) is 4.06. The van der Waals surface area contributed by atoms with Gasteiger partial charge >= 0.3 is 0 Å². The van der Waals surface area contributed by atoms with Crippen molar-refractivity contribution in [2.24, 2.45) is 0 Å². The molecule has 1 N–H and O–H groups in total. The molecule has 4 heteroatoms. The number of halogens is 1. The molecule has 1 atom stereocenters. The molecule has 0 spiro atoms. The van der Waals surface area contributed by atoms with Gasteiger partial charge in [-0.05, 0) is 44.0 Å². The minimum absolute atomic E-state index is 0.208. The van der Waals surface area contributed by atoms with Crippen molar-refractivity contribution in [1.29, 1.82) is 0 Å². The van der Waals surface area contributed by atoms with Crippen molar-refractivity contribution >= 4 is 0 Å². The second-order valence-electron chi connectivity index (χ2n) is 6.00. The van der Waals surface area contributed by atoms with E-state index in [0.29, 0.717) is 11.5 Å². The second-order valence-corrected chi connectivity index (χ2v) is 6.00. The molecule has 1 heterocycles. The van der Waals surface area contributed by atoms with E-state index in [9.17, 15) is 9.50 Å². The van der Waals surface area contributed by atoms with Crippen molar-refractivity contribution < 1.29 is 9.50 Å². The molecule has 0 bridgehead atoms. The molecule has 3 nitrogen and oxygen atoms in total. The number of aromatic nitrogens is 2. The van der Waals surface area contributed by atoms with Gasteiger partial charge in [0.1, 0.15) is 11.9 Å². The molecule has 0 fully saturated rings. The first kappa shape index (κ1) is 16.3. The molecule has 0 amide bonds. The molecule has 0 aliphatic carbocycles. The molecule has 1 unspecified atom stereocenters. The van der Waals surface area contributed by atoms with Gasteiger partial charge in [0, 0.05) is 17.3 Å². The lowest BCUT2D eigenvalue weighted by atomic mass is 9.99. The molecular formula is C20H19FN2O. The zero-order chi connectivity index (χ0) is 17.3. The van der Waals surface area contributed by atoms with Gasteiger partial charge in [-0.2, -0.15) is 0 Å². The minimum Gasteiger partial charge on any atom is -0.382 e. The number of hydrogen-bond acceptors (Lipinski definition) is 3. The molecule has 0 aliphatic rings. The summed E-state index contributed by atoms with van der Waals surface area (Å²) < 4.78 is 13.9. The van der Waals surface area contributed by atoms with Gasteiger partial charge in [-0.1, -0.05) is 35.9 Å². The van der Waals surface area contributed by atoms with Crippen molar-refractivity contribution in [2.45, 2.75) is 26.9 Å².